The molecule has 0 radical (unpaired) electrons. The largest absolute Gasteiger partial charge is 0.437 e. The number of nitrogens with two attached hydrogens (primary N) is 1. The van der Waals surface area contributed by atoms with Crippen molar-refractivity contribution in [2.24, 2.45) is 5.73 Å². The van der Waals surface area contributed by atoms with Crippen molar-refractivity contribution in [3.05, 3.63) is 45.6 Å². The first-order valence-electron chi connectivity index (χ1n) is 6.58. The van der Waals surface area contributed by atoms with Crippen LogP contribution < -0.4 is 10.5 Å². The van der Waals surface area contributed by atoms with E-state index < -0.39 is 0 Å². The van der Waals surface area contributed by atoms with E-state index >= 15 is 0 Å². The molecule has 21 heavy (non-hydrogen) atoms. The third kappa shape index (κ3) is 3.13. The molecular formula is C15H17ClN4O. The molecule has 0 bridgehead atoms. The molecule has 0 spiro atoms. The minimum Gasteiger partial charge on any atom is -0.437 e. The second-order valence-corrected chi connectivity index (χ2v) is 5.12. The topological polar surface area (TPSA) is 84.9 Å². The fourth-order valence-corrected chi connectivity index (χ4v) is 2.22. The molecule has 2 aromatic rings. The fraction of sp³-hybridized carbons (Fsp3) is 0.267. The zero-order valence-electron chi connectivity index (χ0n) is 12.2. The van der Waals surface area contributed by atoms with Gasteiger partial charge in [0.2, 0.25) is 5.88 Å². The second kappa shape index (κ2) is 6.10. The van der Waals surface area contributed by atoms with Gasteiger partial charge in [0.1, 0.15) is 11.6 Å². The van der Waals surface area contributed by atoms with E-state index in [1.165, 1.54) is 0 Å². The highest BCUT2D eigenvalue weighted by Gasteiger charge is 2.16. The predicted octanol–water partition coefficient (Wildman–Crippen LogP) is 3.39. The number of ether oxygens (including phenoxy) is 1. The third-order valence-corrected chi connectivity index (χ3v) is 3.67. The van der Waals surface area contributed by atoms with Gasteiger partial charge in [-0.1, -0.05) is 18.5 Å². The molecule has 0 aliphatic heterocycles. The van der Waals surface area contributed by atoms with E-state index in [4.69, 9.17) is 27.5 Å². The molecule has 0 saturated heterocycles. The van der Waals surface area contributed by atoms with Crippen LogP contribution >= 0.6 is 11.6 Å². The number of halogens is 1. The normalized spacial score (nSPS) is 10.5. The maximum Gasteiger partial charge on any atom is 0.250 e. The smallest absolute Gasteiger partial charge is 0.250 e. The summed E-state index contributed by atoms with van der Waals surface area (Å²) >= 11 is 6.09. The van der Waals surface area contributed by atoms with Crippen LogP contribution in [-0.4, -0.2) is 16.0 Å². The summed E-state index contributed by atoms with van der Waals surface area (Å²) in [5, 5.41) is 16.4. The molecule has 0 aliphatic carbocycles. The van der Waals surface area contributed by atoms with Gasteiger partial charge >= 0.3 is 0 Å². The Morgan fingerprint density at radius 2 is 2.05 bits per heavy atom. The standard InChI is InChI=1S/C15H17ClN4O/c1-4-10-7-11(5-6-12(10)16)21-15-13(14(17)18)8(2)9(3)19-20-15/h5-7H,4H2,1-3H3,(H3,17,18). The van der Waals surface area contributed by atoms with Crippen LogP contribution in [0.4, 0.5) is 0 Å². The van der Waals surface area contributed by atoms with E-state index in [0.29, 0.717) is 16.3 Å². The molecule has 0 unspecified atom stereocenters. The van der Waals surface area contributed by atoms with Crippen molar-refractivity contribution in [2.75, 3.05) is 0 Å². The lowest BCUT2D eigenvalue weighted by Gasteiger charge is -2.13. The van der Waals surface area contributed by atoms with Gasteiger partial charge in [0.15, 0.2) is 0 Å². The lowest BCUT2D eigenvalue weighted by atomic mass is 10.1. The number of rotatable bonds is 4. The molecule has 110 valence electrons. The molecular weight excluding hydrogens is 288 g/mol. The summed E-state index contributed by atoms with van der Waals surface area (Å²) in [4.78, 5) is 0. The second-order valence-electron chi connectivity index (χ2n) is 4.71. The molecule has 6 heteroatoms. The molecule has 0 atom stereocenters. The summed E-state index contributed by atoms with van der Waals surface area (Å²) in [6.45, 7) is 5.67. The van der Waals surface area contributed by atoms with Crippen molar-refractivity contribution in [1.29, 1.82) is 5.41 Å². The van der Waals surface area contributed by atoms with Crippen LogP contribution in [0.1, 0.15) is 29.3 Å². The van der Waals surface area contributed by atoms with Crippen LogP contribution in [0.15, 0.2) is 18.2 Å². The van der Waals surface area contributed by atoms with Crippen molar-refractivity contribution < 1.29 is 4.74 Å². The summed E-state index contributed by atoms with van der Waals surface area (Å²) in [5.41, 5.74) is 8.59. The molecule has 2 rings (SSSR count). The lowest BCUT2D eigenvalue weighted by Crippen LogP contribution is -2.16. The number of benzene rings is 1. The minimum absolute atomic E-state index is 0.0924. The number of nitrogens with zero attached hydrogens (tertiary/aromatic N) is 2. The highest BCUT2D eigenvalue weighted by atomic mass is 35.5. The number of nitrogens with one attached hydrogen (secondary N) is 1. The summed E-state index contributed by atoms with van der Waals surface area (Å²) in [6.07, 6.45) is 0.800. The molecule has 3 N–H and O–H groups in total. The Balaban J connectivity index is 2.44. The predicted molar refractivity (Wildman–Crippen MR) is 83.4 cm³/mol. The Kier molecular flexibility index (Phi) is 4.43. The molecule has 1 aromatic heterocycles. The fourth-order valence-electron chi connectivity index (χ4n) is 1.97. The summed E-state index contributed by atoms with van der Waals surface area (Å²) in [7, 11) is 0. The number of nitrogen functional groups attached to an aromatic ring is 1. The van der Waals surface area contributed by atoms with Crippen LogP contribution in [0.2, 0.25) is 5.02 Å². The molecule has 5 nitrogen and oxygen atoms in total. The average Bonchev–Trinajstić information content (AvgIpc) is 2.44. The van der Waals surface area contributed by atoms with Crippen molar-refractivity contribution in [1.82, 2.24) is 10.2 Å². The van der Waals surface area contributed by atoms with Crippen LogP contribution in [0, 0.1) is 19.3 Å². The number of aryl methyl sites for hydroxylation is 2. The Labute approximate surface area is 128 Å². The average molecular weight is 305 g/mol. The molecule has 1 heterocycles. The van der Waals surface area contributed by atoms with Crippen molar-refractivity contribution in [3.8, 4) is 11.6 Å². The number of hydrogen-bond acceptors (Lipinski definition) is 4. The SMILES string of the molecule is CCc1cc(Oc2nnc(C)c(C)c2C(=N)N)ccc1Cl. The van der Waals surface area contributed by atoms with Crippen LogP contribution in [0.25, 0.3) is 0 Å². The summed E-state index contributed by atoms with van der Waals surface area (Å²) in [5.74, 6) is 0.733. The highest BCUT2D eigenvalue weighted by molar-refractivity contribution is 6.31. The van der Waals surface area contributed by atoms with Gasteiger partial charge in [-0.15, -0.1) is 5.10 Å². The maximum absolute atomic E-state index is 7.70. The Bertz CT molecular complexity index is 700. The van der Waals surface area contributed by atoms with Crippen molar-refractivity contribution in [3.63, 3.8) is 0 Å². The zero-order valence-corrected chi connectivity index (χ0v) is 13.0. The first-order chi connectivity index (χ1) is 9.93. The first kappa shape index (κ1) is 15.3. The Hall–Kier alpha value is -2.14. The maximum atomic E-state index is 7.70. The minimum atomic E-state index is -0.0924. The number of hydrogen-bond donors (Lipinski definition) is 2. The third-order valence-electron chi connectivity index (χ3n) is 3.30. The van der Waals surface area contributed by atoms with Crippen LogP contribution in [0.5, 0.6) is 11.6 Å². The van der Waals surface area contributed by atoms with Crippen molar-refractivity contribution >= 4 is 17.4 Å². The van der Waals surface area contributed by atoms with Crippen molar-refractivity contribution in [2.45, 2.75) is 27.2 Å². The summed E-state index contributed by atoms with van der Waals surface area (Å²) < 4.78 is 5.75. The van der Waals surface area contributed by atoms with E-state index in [1.807, 2.05) is 26.8 Å². The van der Waals surface area contributed by atoms with Gasteiger partial charge in [-0.2, -0.15) is 5.10 Å². The van der Waals surface area contributed by atoms with E-state index in [9.17, 15) is 0 Å². The number of amidine groups is 1. The first-order valence-corrected chi connectivity index (χ1v) is 6.96. The van der Waals surface area contributed by atoms with Gasteiger partial charge < -0.3 is 10.5 Å². The molecule has 1 aromatic carbocycles. The zero-order chi connectivity index (χ0) is 15.6. The van der Waals surface area contributed by atoms with Crippen LogP contribution in [-0.2, 0) is 6.42 Å². The quantitative estimate of drug-likeness (QED) is 0.670. The van der Waals surface area contributed by atoms with E-state index in [0.717, 1.165) is 23.2 Å². The van der Waals surface area contributed by atoms with E-state index in [1.54, 1.807) is 12.1 Å². The van der Waals surface area contributed by atoms with Gasteiger partial charge in [-0.3, -0.25) is 5.41 Å². The van der Waals surface area contributed by atoms with Gasteiger partial charge in [0.05, 0.1) is 11.3 Å². The highest BCUT2D eigenvalue weighted by Crippen LogP contribution is 2.28. The van der Waals surface area contributed by atoms with Gasteiger partial charge in [-0.25, -0.2) is 0 Å². The van der Waals surface area contributed by atoms with Crippen LogP contribution in [0.3, 0.4) is 0 Å². The van der Waals surface area contributed by atoms with Gasteiger partial charge in [-0.05, 0) is 49.6 Å². The molecule has 0 fully saturated rings. The Morgan fingerprint density at radius 1 is 1.33 bits per heavy atom. The molecule has 0 aliphatic rings. The summed E-state index contributed by atoms with van der Waals surface area (Å²) in [6, 6.07) is 5.38. The van der Waals surface area contributed by atoms with Gasteiger partial charge in [0.25, 0.3) is 0 Å². The molecule has 0 amide bonds. The van der Waals surface area contributed by atoms with E-state index in [2.05, 4.69) is 10.2 Å². The monoisotopic (exact) mass is 304 g/mol. The van der Waals surface area contributed by atoms with E-state index in [-0.39, 0.29) is 11.7 Å². The Morgan fingerprint density at radius 3 is 2.67 bits per heavy atom. The number of aromatic nitrogens is 2. The van der Waals surface area contributed by atoms with Gasteiger partial charge in [0, 0.05) is 5.02 Å². The lowest BCUT2D eigenvalue weighted by molar-refractivity contribution is 0.452. The molecule has 0 saturated carbocycles.